The number of carbonyl (C=O) groups is 1. The molecule has 0 aliphatic carbocycles. The average Bonchev–Trinajstić information content (AvgIpc) is 2.33. The summed E-state index contributed by atoms with van der Waals surface area (Å²) in [6.07, 6.45) is 0.427. The van der Waals surface area contributed by atoms with Gasteiger partial charge in [-0.1, -0.05) is 6.92 Å². The highest BCUT2D eigenvalue weighted by molar-refractivity contribution is 5.70. The van der Waals surface area contributed by atoms with Crippen LogP contribution in [0.1, 0.15) is 23.6 Å². The highest BCUT2D eigenvalue weighted by Crippen LogP contribution is 2.34. The van der Waals surface area contributed by atoms with Crippen LogP contribution >= 0.6 is 0 Å². The number of hydrogen-bond donors (Lipinski definition) is 1. The second-order valence-electron chi connectivity index (χ2n) is 4.46. The van der Waals surface area contributed by atoms with Gasteiger partial charge in [-0.3, -0.25) is 4.79 Å². The molecule has 0 radical (unpaired) electrons. The number of benzene rings is 1. The second kappa shape index (κ2) is 5.76. The van der Waals surface area contributed by atoms with Crippen molar-refractivity contribution in [1.82, 2.24) is 0 Å². The molecule has 0 saturated heterocycles. The Hall–Kier alpha value is -1.71. The highest BCUT2D eigenvalue weighted by Gasteiger charge is 2.18. The van der Waals surface area contributed by atoms with Crippen molar-refractivity contribution in [2.75, 3.05) is 14.2 Å². The molecule has 0 amide bonds. The Bertz CT molecular complexity index is 452. The van der Waals surface area contributed by atoms with Crippen LogP contribution in [0.15, 0.2) is 6.07 Å². The Morgan fingerprint density at radius 2 is 1.89 bits per heavy atom. The first-order valence-electron chi connectivity index (χ1n) is 5.86. The summed E-state index contributed by atoms with van der Waals surface area (Å²) in [6.45, 7) is 5.59. The first kappa shape index (κ1) is 14.4. The summed E-state index contributed by atoms with van der Waals surface area (Å²) in [5, 5.41) is 8.99. The van der Waals surface area contributed by atoms with E-state index < -0.39 is 11.9 Å². The topological polar surface area (TPSA) is 55.8 Å². The smallest absolute Gasteiger partial charge is 0.306 e. The second-order valence-corrected chi connectivity index (χ2v) is 4.46. The molecule has 0 fully saturated rings. The van der Waals surface area contributed by atoms with Gasteiger partial charge in [-0.2, -0.15) is 0 Å². The van der Waals surface area contributed by atoms with Gasteiger partial charge in [0.2, 0.25) is 0 Å². The minimum Gasteiger partial charge on any atom is -0.496 e. The van der Waals surface area contributed by atoms with Crippen LogP contribution in [-0.2, 0) is 11.2 Å². The largest absolute Gasteiger partial charge is 0.496 e. The predicted octanol–water partition coefficient (Wildman–Crippen LogP) is 2.58. The Labute approximate surface area is 108 Å². The SMILES string of the molecule is COc1cc(CC(C)C(=O)O)c(OC)c(C)c1C. The number of aliphatic carboxylic acids is 1. The van der Waals surface area contributed by atoms with Crippen LogP contribution in [0.2, 0.25) is 0 Å². The standard InChI is InChI=1S/C14H20O4/c1-8(14(15)16)6-11-7-12(17-4)9(2)10(3)13(11)18-5/h7-8H,6H2,1-5H3,(H,15,16). The molecule has 1 aromatic carbocycles. The molecule has 1 atom stereocenters. The van der Waals surface area contributed by atoms with Crippen molar-refractivity contribution in [3.63, 3.8) is 0 Å². The number of carboxylic acid groups (broad SMARTS) is 1. The monoisotopic (exact) mass is 252 g/mol. The highest BCUT2D eigenvalue weighted by atomic mass is 16.5. The van der Waals surface area contributed by atoms with E-state index in [1.165, 1.54) is 0 Å². The molecule has 0 spiro atoms. The molecule has 4 heteroatoms. The summed E-state index contributed by atoms with van der Waals surface area (Å²) in [5.74, 6) is 0.252. The molecule has 1 aromatic rings. The van der Waals surface area contributed by atoms with Gasteiger partial charge in [0.25, 0.3) is 0 Å². The first-order chi connectivity index (χ1) is 8.42. The minimum atomic E-state index is -0.811. The predicted molar refractivity (Wildman–Crippen MR) is 69.5 cm³/mol. The van der Waals surface area contributed by atoms with Crippen molar-refractivity contribution in [3.05, 3.63) is 22.8 Å². The Kier molecular flexibility index (Phi) is 4.59. The van der Waals surface area contributed by atoms with Crippen LogP contribution in [0.5, 0.6) is 11.5 Å². The maximum Gasteiger partial charge on any atom is 0.306 e. The molecular formula is C14H20O4. The Morgan fingerprint density at radius 1 is 1.28 bits per heavy atom. The molecule has 1 unspecified atom stereocenters. The summed E-state index contributed by atoms with van der Waals surface area (Å²) >= 11 is 0. The molecule has 0 saturated carbocycles. The molecule has 0 aromatic heterocycles. The van der Waals surface area contributed by atoms with Gasteiger partial charge in [0.05, 0.1) is 20.1 Å². The lowest BCUT2D eigenvalue weighted by Gasteiger charge is -2.18. The van der Waals surface area contributed by atoms with Gasteiger partial charge in [0.15, 0.2) is 0 Å². The zero-order chi connectivity index (χ0) is 13.9. The van der Waals surface area contributed by atoms with E-state index in [9.17, 15) is 4.79 Å². The van der Waals surface area contributed by atoms with Gasteiger partial charge < -0.3 is 14.6 Å². The van der Waals surface area contributed by atoms with Gasteiger partial charge in [-0.05, 0) is 43.0 Å². The van der Waals surface area contributed by atoms with Crippen LogP contribution in [-0.4, -0.2) is 25.3 Å². The van der Waals surface area contributed by atoms with Crippen LogP contribution in [0.4, 0.5) is 0 Å². The Morgan fingerprint density at radius 3 is 2.33 bits per heavy atom. The van der Waals surface area contributed by atoms with Gasteiger partial charge in [-0.25, -0.2) is 0 Å². The third-order valence-corrected chi connectivity index (χ3v) is 3.24. The van der Waals surface area contributed by atoms with E-state index in [4.69, 9.17) is 14.6 Å². The van der Waals surface area contributed by atoms with Crippen LogP contribution in [0.25, 0.3) is 0 Å². The molecule has 0 heterocycles. The van der Waals surface area contributed by atoms with Crippen molar-refractivity contribution in [2.24, 2.45) is 5.92 Å². The maximum atomic E-state index is 10.9. The molecule has 1 N–H and O–H groups in total. The summed E-state index contributed by atoms with van der Waals surface area (Å²) in [6, 6.07) is 1.86. The molecule has 18 heavy (non-hydrogen) atoms. The van der Waals surface area contributed by atoms with E-state index in [1.807, 2.05) is 19.9 Å². The van der Waals surface area contributed by atoms with Crippen molar-refractivity contribution in [2.45, 2.75) is 27.2 Å². The summed E-state index contributed by atoms with van der Waals surface area (Å²) in [7, 11) is 3.21. The van der Waals surface area contributed by atoms with Crippen molar-refractivity contribution in [1.29, 1.82) is 0 Å². The average molecular weight is 252 g/mol. The third kappa shape index (κ3) is 2.75. The minimum absolute atomic E-state index is 0.427. The fraction of sp³-hybridized carbons (Fsp3) is 0.500. The van der Waals surface area contributed by atoms with E-state index in [1.54, 1.807) is 21.1 Å². The molecule has 1 rings (SSSR count). The fourth-order valence-corrected chi connectivity index (χ4v) is 1.99. The first-order valence-corrected chi connectivity index (χ1v) is 5.86. The van der Waals surface area contributed by atoms with E-state index in [0.717, 1.165) is 28.2 Å². The molecule has 4 nitrogen and oxygen atoms in total. The normalized spacial score (nSPS) is 12.1. The zero-order valence-electron chi connectivity index (χ0n) is 11.5. The van der Waals surface area contributed by atoms with E-state index >= 15 is 0 Å². The zero-order valence-corrected chi connectivity index (χ0v) is 11.5. The lowest BCUT2D eigenvalue weighted by Crippen LogP contribution is -2.13. The summed E-state index contributed by atoms with van der Waals surface area (Å²) in [4.78, 5) is 10.9. The maximum absolute atomic E-state index is 10.9. The fourth-order valence-electron chi connectivity index (χ4n) is 1.99. The van der Waals surface area contributed by atoms with Crippen LogP contribution < -0.4 is 9.47 Å². The Balaban J connectivity index is 3.25. The van der Waals surface area contributed by atoms with Crippen molar-refractivity contribution < 1.29 is 19.4 Å². The summed E-state index contributed by atoms with van der Waals surface area (Å²) in [5.41, 5.74) is 2.87. The third-order valence-electron chi connectivity index (χ3n) is 3.24. The van der Waals surface area contributed by atoms with Crippen LogP contribution in [0, 0.1) is 19.8 Å². The summed E-state index contributed by atoms with van der Waals surface area (Å²) < 4.78 is 10.7. The number of carboxylic acids is 1. The van der Waals surface area contributed by atoms with E-state index in [2.05, 4.69) is 0 Å². The van der Waals surface area contributed by atoms with Gasteiger partial charge in [0, 0.05) is 0 Å². The molecule has 100 valence electrons. The lowest BCUT2D eigenvalue weighted by atomic mass is 9.95. The number of ether oxygens (including phenoxy) is 2. The van der Waals surface area contributed by atoms with Gasteiger partial charge in [0.1, 0.15) is 11.5 Å². The number of hydrogen-bond acceptors (Lipinski definition) is 3. The molecule has 0 aliphatic rings. The molecule has 0 bridgehead atoms. The van der Waals surface area contributed by atoms with Gasteiger partial charge >= 0.3 is 5.97 Å². The van der Waals surface area contributed by atoms with E-state index in [0.29, 0.717) is 6.42 Å². The van der Waals surface area contributed by atoms with Crippen molar-refractivity contribution in [3.8, 4) is 11.5 Å². The number of rotatable bonds is 5. The molecule has 0 aliphatic heterocycles. The van der Waals surface area contributed by atoms with Gasteiger partial charge in [-0.15, -0.1) is 0 Å². The van der Waals surface area contributed by atoms with Crippen LogP contribution in [0.3, 0.4) is 0 Å². The number of methoxy groups -OCH3 is 2. The quantitative estimate of drug-likeness (QED) is 0.875. The molecular weight excluding hydrogens is 232 g/mol. The lowest BCUT2D eigenvalue weighted by molar-refractivity contribution is -0.141. The van der Waals surface area contributed by atoms with E-state index in [-0.39, 0.29) is 0 Å². The van der Waals surface area contributed by atoms with Crippen molar-refractivity contribution >= 4 is 5.97 Å².